The Morgan fingerprint density at radius 2 is 2.05 bits per heavy atom. The van der Waals surface area contributed by atoms with Crippen LogP contribution in [0.4, 0.5) is 0 Å². The summed E-state index contributed by atoms with van der Waals surface area (Å²) in [5, 5.41) is 16.9. The van der Waals surface area contributed by atoms with Crippen molar-refractivity contribution in [3.8, 4) is 0 Å². The second kappa shape index (κ2) is 6.74. The highest BCUT2D eigenvalue weighted by atomic mass is 35.5. The van der Waals surface area contributed by atoms with E-state index in [9.17, 15) is 9.90 Å². The quantitative estimate of drug-likeness (QED) is 0.890. The van der Waals surface area contributed by atoms with Crippen molar-refractivity contribution in [2.75, 3.05) is 6.54 Å². The van der Waals surface area contributed by atoms with Gasteiger partial charge in [-0.25, -0.2) is 0 Å². The zero-order valence-electron chi connectivity index (χ0n) is 11.8. The van der Waals surface area contributed by atoms with Crippen LogP contribution in [0.25, 0.3) is 0 Å². The Morgan fingerprint density at radius 1 is 1.38 bits per heavy atom. The highest BCUT2D eigenvalue weighted by Crippen LogP contribution is 2.17. The van der Waals surface area contributed by atoms with Crippen molar-refractivity contribution in [1.29, 1.82) is 0 Å². The van der Waals surface area contributed by atoms with Gasteiger partial charge in [0.2, 0.25) is 0 Å². The fourth-order valence-electron chi connectivity index (χ4n) is 1.75. The number of aliphatic hydroxyl groups excluding tert-OH is 1. The lowest BCUT2D eigenvalue weighted by atomic mass is 10.1. The van der Waals surface area contributed by atoms with E-state index in [0.29, 0.717) is 16.3 Å². The van der Waals surface area contributed by atoms with Crippen molar-refractivity contribution < 1.29 is 14.4 Å². The van der Waals surface area contributed by atoms with E-state index in [2.05, 4.69) is 10.5 Å². The topological polar surface area (TPSA) is 75.4 Å². The van der Waals surface area contributed by atoms with E-state index in [-0.39, 0.29) is 24.1 Å². The fourth-order valence-corrected chi connectivity index (χ4v) is 1.88. The molecule has 1 atom stereocenters. The molecular formula is C15H17ClN2O3. The number of nitrogens with one attached hydrogen (secondary N) is 1. The molecule has 0 saturated heterocycles. The number of benzene rings is 1. The molecule has 1 aromatic carbocycles. The van der Waals surface area contributed by atoms with Gasteiger partial charge in [0.1, 0.15) is 5.76 Å². The summed E-state index contributed by atoms with van der Waals surface area (Å²) in [5.41, 5.74) is 0.893. The highest BCUT2D eigenvalue weighted by Gasteiger charge is 2.16. The molecule has 1 amide bonds. The van der Waals surface area contributed by atoms with Crippen LogP contribution in [0, 0.1) is 0 Å². The van der Waals surface area contributed by atoms with Gasteiger partial charge in [-0.15, -0.1) is 0 Å². The molecule has 0 aliphatic carbocycles. The van der Waals surface area contributed by atoms with Crippen LogP contribution in [0.1, 0.15) is 47.7 Å². The molecular weight excluding hydrogens is 292 g/mol. The van der Waals surface area contributed by atoms with Gasteiger partial charge in [0, 0.05) is 23.6 Å². The summed E-state index contributed by atoms with van der Waals surface area (Å²) in [4.78, 5) is 11.9. The second-order valence-corrected chi connectivity index (χ2v) is 5.48. The molecule has 0 aliphatic rings. The van der Waals surface area contributed by atoms with Crippen molar-refractivity contribution >= 4 is 17.5 Å². The van der Waals surface area contributed by atoms with Gasteiger partial charge in [0.25, 0.3) is 5.91 Å². The second-order valence-electron chi connectivity index (χ2n) is 5.05. The molecule has 0 fully saturated rings. The third-order valence-electron chi connectivity index (χ3n) is 3.04. The molecule has 0 spiro atoms. The van der Waals surface area contributed by atoms with Crippen molar-refractivity contribution in [1.82, 2.24) is 10.5 Å². The van der Waals surface area contributed by atoms with Gasteiger partial charge in [-0.2, -0.15) is 0 Å². The maximum absolute atomic E-state index is 11.9. The number of carbonyl (C=O) groups is 1. The van der Waals surface area contributed by atoms with Crippen LogP contribution in [0.15, 0.2) is 34.9 Å². The number of carbonyl (C=O) groups excluding carboxylic acids is 1. The Balaban J connectivity index is 1.92. The maximum Gasteiger partial charge on any atom is 0.273 e. The lowest BCUT2D eigenvalue weighted by molar-refractivity contribution is 0.0907. The van der Waals surface area contributed by atoms with Crippen molar-refractivity contribution in [3.63, 3.8) is 0 Å². The van der Waals surface area contributed by atoms with Crippen LogP contribution < -0.4 is 5.32 Å². The van der Waals surface area contributed by atoms with E-state index in [1.165, 1.54) is 0 Å². The molecule has 2 rings (SSSR count). The number of rotatable bonds is 5. The third-order valence-corrected chi connectivity index (χ3v) is 3.29. The van der Waals surface area contributed by atoms with Crippen molar-refractivity contribution in [2.24, 2.45) is 0 Å². The van der Waals surface area contributed by atoms with Gasteiger partial charge in [-0.3, -0.25) is 4.79 Å². The third kappa shape index (κ3) is 4.06. The van der Waals surface area contributed by atoms with E-state index >= 15 is 0 Å². The van der Waals surface area contributed by atoms with Crippen LogP contribution in [0.3, 0.4) is 0 Å². The van der Waals surface area contributed by atoms with Crippen LogP contribution in [-0.2, 0) is 0 Å². The standard InChI is InChI=1S/C15H17ClN2O3/c1-9(2)14-7-12(18-21-14)15(20)17-8-13(19)10-3-5-11(16)6-4-10/h3-7,9,13,19H,8H2,1-2H3,(H,17,20). The number of hydrogen-bond donors (Lipinski definition) is 2. The molecule has 5 nitrogen and oxygen atoms in total. The summed E-state index contributed by atoms with van der Waals surface area (Å²) in [6.45, 7) is 3.99. The summed E-state index contributed by atoms with van der Waals surface area (Å²) in [6.07, 6.45) is -0.803. The monoisotopic (exact) mass is 308 g/mol. The molecule has 6 heteroatoms. The normalized spacial score (nSPS) is 12.4. The van der Waals surface area contributed by atoms with Crippen LogP contribution in [0.5, 0.6) is 0 Å². The number of halogens is 1. The Kier molecular flexibility index (Phi) is 4.98. The summed E-state index contributed by atoms with van der Waals surface area (Å²) < 4.78 is 5.06. The van der Waals surface area contributed by atoms with Gasteiger partial charge in [0.15, 0.2) is 5.69 Å². The fraction of sp³-hybridized carbons (Fsp3) is 0.333. The van der Waals surface area contributed by atoms with Crippen molar-refractivity contribution in [3.05, 3.63) is 52.4 Å². The average molecular weight is 309 g/mol. The largest absolute Gasteiger partial charge is 0.387 e. The summed E-state index contributed by atoms with van der Waals surface area (Å²) in [5.74, 6) is 0.441. The molecule has 1 heterocycles. The minimum absolute atomic E-state index is 0.0876. The maximum atomic E-state index is 11.9. The smallest absolute Gasteiger partial charge is 0.273 e. The minimum Gasteiger partial charge on any atom is -0.387 e. The summed E-state index contributed by atoms with van der Waals surface area (Å²) >= 11 is 5.78. The number of aromatic nitrogens is 1. The molecule has 0 aliphatic heterocycles. The Bertz CT molecular complexity index is 608. The van der Waals surface area contributed by atoms with Crippen LogP contribution in [-0.4, -0.2) is 22.7 Å². The zero-order valence-corrected chi connectivity index (χ0v) is 12.6. The predicted octanol–water partition coefficient (Wildman–Crippen LogP) is 2.91. The van der Waals surface area contributed by atoms with Crippen molar-refractivity contribution in [2.45, 2.75) is 25.9 Å². The molecule has 1 unspecified atom stereocenters. The molecule has 112 valence electrons. The molecule has 21 heavy (non-hydrogen) atoms. The molecule has 0 bridgehead atoms. The van der Waals surface area contributed by atoms with E-state index in [1.54, 1.807) is 30.3 Å². The predicted molar refractivity (Wildman–Crippen MR) is 79.3 cm³/mol. The van der Waals surface area contributed by atoms with E-state index in [1.807, 2.05) is 13.8 Å². The Hall–Kier alpha value is -1.85. The minimum atomic E-state index is -0.803. The Labute approximate surface area is 127 Å². The molecule has 1 aromatic heterocycles. The average Bonchev–Trinajstić information content (AvgIpc) is 2.95. The first-order valence-corrected chi connectivity index (χ1v) is 7.03. The number of hydrogen-bond acceptors (Lipinski definition) is 4. The van der Waals surface area contributed by atoms with Gasteiger partial charge in [-0.05, 0) is 17.7 Å². The highest BCUT2D eigenvalue weighted by molar-refractivity contribution is 6.30. The van der Waals surface area contributed by atoms with Gasteiger partial charge in [-0.1, -0.05) is 42.7 Å². The van der Waals surface area contributed by atoms with Crippen LogP contribution >= 0.6 is 11.6 Å². The van der Waals surface area contributed by atoms with Crippen LogP contribution in [0.2, 0.25) is 5.02 Å². The molecule has 2 aromatic rings. The molecule has 0 radical (unpaired) electrons. The van der Waals surface area contributed by atoms with Gasteiger partial charge >= 0.3 is 0 Å². The first-order valence-electron chi connectivity index (χ1n) is 6.65. The lowest BCUT2D eigenvalue weighted by Gasteiger charge is -2.11. The lowest BCUT2D eigenvalue weighted by Crippen LogP contribution is -2.28. The summed E-state index contributed by atoms with van der Waals surface area (Å²) in [6, 6.07) is 8.41. The zero-order chi connectivity index (χ0) is 15.4. The van der Waals surface area contributed by atoms with E-state index < -0.39 is 6.10 Å². The number of aliphatic hydroxyl groups is 1. The molecule has 0 saturated carbocycles. The van der Waals surface area contributed by atoms with Gasteiger partial charge < -0.3 is 14.9 Å². The van der Waals surface area contributed by atoms with E-state index in [0.717, 1.165) is 0 Å². The first-order chi connectivity index (χ1) is 9.97. The SMILES string of the molecule is CC(C)c1cc(C(=O)NCC(O)c2ccc(Cl)cc2)no1. The van der Waals surface area contributed by atoms with Gasteiger partial charge in [0.05, 0.1) is 6.10 Å². The summed E-state index contributed by atoms with van der Waals surface area (Å²) in [7, 11) is 0. The first kappa shape index (κ1) is 15.5. The number of amides is 1. The van der Waals surface area contributed by atoms with E-state index in [4.69, 9.17) is 16.1 Å². The Morgan fingerprint density at radius 3 is 2.62 bits per heavy atom. The molecule has 2 N–H and O–H groups in total. The number of nitrogens with zero attached hydrogens (tertiary/aromatic N) is 1.